The zero-order chi connectivity index (χ0) is 17.4. The van der Waals surface area contributed by atoms with Gasteiger partial charge in [-0.1, -0.05) is 47.5 Å². The first-order chi connectivity index (χ1) is 11.5. The molecule has 0 amide bonds. The van der Waals surface area contributed by atoms with E-state index in [4.69, 9.17) is 34.7 Å². The molecule has 0 spiro atoms. The van der Waals surface area contributed by atoms with Crippen molar-refractivity contribution in [3.63, 3.8) is 0 Å². The molecule has 0 aliphatic carbocycles. The van der Waals surface area contributed by atoms with Crippen LogP contribution in [0, 0.1) is 0 Å². The van der Waals surface area contributed by atoms with E-state index in [0.29, 0.717) is 10.0 Å². The highest BCUT2D eigenvalue weighted by molar-refractivity contribution is 6.39. The summed E-state index contributed by atoms with van der Waals surface area (Å²) in [6, 6.07) is 14.2. The van der Waals surface area contributed by atoms with Gasteiger partial charge in [0.25, 0.3) is 0 Å². The highest BCUT2D eigenvalue weighted by Crippen LogP contribution is 2.08. The van der Waals surface area contributed by atoms with Gasteiger partial charge in [-0.3, -0.25) is 0 Å². The van der Waals surface area contributed by atoms with Crippen LogP contribution in [0.3, 0.4) is 0 Å². The summed E-state index contributed by atoms with van der Waals surface area (Å²) in [6.45, 7) is 0. The molecule has 0 heterocycles. The van der Waals surface area contributed by atoms with Crippen LogP contribution in [0.4, 0.5) is 0 Å². The third kappa shape index (κ3) is 5.83. The summed E-state index contributed by atoms with van der Waals surface area (Å²) < 4.78 is 0. The maximum absolute atomic E-state index is 5.79. The fourth-order valence-electron chi connectivity index (χ4n) is 1.52. The molecule has 0 atom stereocenters. The molecule has 122 valence electrons. The van der Waals surface area contributed by atoms with Crippen molar-refractivity contribution in [3.05, 3.63) is 69.7 Å². The summed E-state index contributed by atoms with van der Waals surface area (Å²) >= 11 is 11.6. The van der Waals surface area contributed by atoms with Crippen molar-refractivity contribution in [2.24, 2.45) is 31.9 Å². The summed E-state index contributed by atoms with van der Waals surface area (Å²) in [4.78, 5) is 0. The Hall–Kier alpha value is -2.70. The van der Waals surface area contributed by atoms with Crippen molar-refractivity contribution in [1.82, 2.24) is 0 Å². The minimum absolute atomic E-state index is 0.0338. The van der Waals surface area contributed by atoms with Crippen LogP contribution in [-0.2, 0) is 0 Å². The first-order valence-corrected chi connectivity index (χ1v) is 7.54. The second-order valence-corrected chi connectivity index (χ2v) is 5.44. The Balaban J connectivity index is 1.98. The number of halogens is 2. The zero-order valence-electron chi connectivity index (χ0n) is 12.5. The highest BCUT2D eigenvalue weighted by atomic mass is 35.5. The Kier molecular flexibility index (Phi) is 6.48. The van der Waals surface area contributed by atoms with Crippen molar-refractivity contribution in [1.29, 1.82) is 0 Å². The van der Waals surface area contributed by atoms with Gasteiger partial charge in [0.2, 0.25) is 0 Å². The summed E-state index contributed by atoms with van der Waals surface area (Å²) in [5, 5.41) is 16.5. The van der Waals surface area contributed by atoms with E-state index in [9.17, 15) is 0 Å². The second kappa shape index (κ2) is 8.81. The lowest BCUT2D eigenvalue weighted by Crippen LogP contribution is -2.30. The quantitative estimate of drug-likeness (QED) is 0.497. The minimum atomic E-state index is -0.0338. The largest absolute Gasteiger partial charge is 0.379 e. The SMILES string of the molecule is NC(=N/N=C\c1ccc(Cl)cc1)C(N)=N/N=C/c1ccc(Cl)cc1. The smallest absolute Gasteiger partial charge is 0.190 e. The van der Waals surface area contributed by atoms with Crippen LogP contribution in [0.15, 0.2) is 68.9 Å². The van der Waals surface area contributed by atoms with Crippen molar-refractivity contribution in [3.8, 4) is 0 Å². The summed E-state index contributed by atoms with van der Waals surface area (Å²) in [5.74, 6) is -0.0676. The van der Waals surface area contributed by atoms with Crippen LogP contribution in [0.5, 0.6) is 0 Å². The molecule has 0 aromatic heterocycles. The molecule has 0 saturated heterocycles. The van der Waals surface area contributed by atoms with Gasteiger partial charge in [-0.05, 0) is 35.4 Å². The lowest BCUT2D eigenvalue weighted by atomic mass is 10.2. The highest BCUT2D eigenvalue weighted by Gasteiger charge is 1.97. The standard InChI is InChI=1S/C16H14Cl2N6/c17-13-5-1-11(2-6-13)9-21-23-15(19)16(20)24-22-10-12-3-7-14(18)8-4-12/h1-10H,(H2,19,23)(H2,20,24)/b21-9-,22-10+. The van der Waals surface area contributed by atoms with Crippen LogP contribution >= 0.6 is 23.2 Å². The average Bonchev–Trinajstić information content (AvgIpc) is 2.58. The van der Waals surface area contributed by atoms with Gasteiger partial charge in [0.15, 0.2) is 11.7 Å². The number of amidine groups is 2. The Morgan fingerprint density at radius 2 is 1.00 bits per heavy atom. The van der Waals surface area contributed by atoms with Crippen LogP contribution in [0.1, 0.15) is 11.1 Å². The number of nitrogens with zero attached hydrogens (tertiary/aromatic N) is 4. The van der Waals surface area contributed by atoms with E-state index in [1.807, 2.05) is 0 Å². The van der Waals surface area contributed by atoms with Gasteiger partial charge in [-0.25, -0.2) is 0 Å². The fourth-order valence-corrected chi connectivity index (χ4v) is 1.77. The molecule has 6 nitrogen and oxygen atoms in total. The second-order valence-electron chi connectivity index (χ2n) is 4.56. The van der Waals surface area contributed by atoms with E-state index in [0.717, 1.165) is 11.1 Å². The lowest BCUT2D eigenvalue weighted by Gasteiger charge is -1.95. The molecule has 0 aliphatic rings. The van der Waals surface area contributed by atoms with E-state index in [1.165, 1.54) is 12.4 Å². The van der Waals surface area contributed by atoms with E-state index < -0.39 is 0 Å². The predicted molar refractivity (Wildman–Crippen MR) is 101 cm³/mol. The molecule has 0 fully saturated rings. The van der Waals surface area contributed by atoms with Gasteiger partial charge in [-0.15, -0.1) is 10.2 Å². The van der Waals surface area contributed by atoms with Gasteiger partial charge in [-0.2, -0.15) is 10.2 Å². The van der Waals surface area contributed by atoms with E-state index in [2.05, 4.69) is 20.4 Å². The molecular formula is C16H14Cl2N6. The van der Waals surface area contributed by atoms with Gasteiger partial charge in [0, 0.05) is 10.0 Å². The first kappa shape index (κ1) is 17.7. The Bertz CT molecular complexity index is 723. The van der Waals surface area contributed by atoms with E-state index in [1.54, 1.807) is 48.5 Å². The van der Waals surface area contributed by atoms with Crippen molar-refractivity contribution >= 4 is 47.3 Å². The van der Waals surface area contributed by atoms with Gasteiger partial charge in [0.1, 0.15) is 0 Å². The molecule has 0 bridgehead atoms. The molecule has 0 radical (unpaired) electrons. The van der Waals surface area contributed by atoms with Crippen LogP contribution < -0.4 is 11.5 Å². The normalized spacial score (nSPS) is 13.1. The number of nitrogens with two attached hydrogens (primary N) is 2. The van der Waals surface area contributed by atoms with Gasteiger partial charge in [0.05, 0.1) is 12.4 Å². The minimum Gasteiger partial charge on any atom is -0.379 e. The molecular weight excluding hydrogens is 347 g/mol. The zero-order valence-corrected chi connectivity index (χ0v) is 14.0. The summed E-state index contributed by atoms with van der Waals surface area (Å²) in [6.07, 6.45) is 3.04. The number of hydrogen-bond donors (Lipinski definition) is 2. The Morgan fingerprint density at radius 1 is 0.667 bits per heavy atom. The predicted octanol–water partition coefficient (Wildman–Crippen LogP) is 3.08. The molecule has 0 unspecified atom stereocenters. The third-order valence-corrected chi connectivity index (χ3v) is 3.25. The maximum atomic E-state index is 5.79. The first-order valence-electron chi connectivity index (χ1n) is 6.79. The third-order valence-electron chi connectivity index (χ3n) is 2.75. The molecule has 4 N–H and O–H groups in total. The molecule has 24 heavy (non-hydrogen) atoms. The lowest BCUT2D eigenvalue weighted by molar-refractivity contribution is 1.21. The molecule has 2 aromatic rings. The van der Waals surface area contributed by atoms with E-state index >= 15 is 0 Å². The topological polar surface area (TPSA) is 101 Å². The van der Waals surface area contributed by atoms with Gasteiger partial charge < -0.3 is 11.5 Å². The Labute approximate surface area is 149 Å². The van der Waals surface area contributed by atoms with Crippen LogP contribution in [0.2, 0.25) is 10.0 Å². The monoisotopic (exact) mass is 360 g/mol. The Morgan fingerprint density at radius 3 is 1.33 bits per heavy atom. The number of benzene rings is 2. The molecule has 2 aromatic carbocycles. The van der Waals surface area contributed by atoms with Crippen molar-refractivity contribution in [2.45, 2.75) is 0 Å². The van der Waals surface area contributed by atoms with Crippen molar-refractivity contribution < 1.29 is 0 Å². The fraction of sp³-hybridized carbons (Fsp3) is 0. The molecule has 0 saturated carbocycles. The van der Waals surface area contributed by atoms with Gasteiger partial charge >= 0.3 is 0 Å². The average molecular weight is 361 g/mol. The number of rotatable bonds is 4. The van der Waals surface area contributed by atoms with Crippen LogP contribution in [0.25, 0.3) is 0 Å². The maximum Gasteiger partial charge on any atom is 0.190 e. The summed E-state index contributed by atoms with van der Waals surface area (Å²) in [7, 11) is 0. The van der Waals surface area contributed by atoms with E-state index in [-0.39, 0.29) is 11.7 Å². The van der Waals surface area contributed by atoms with Crippen molar-refractivity contribution in [2.75, 3.05) is 0 Å². The summed E-state index contributed by atoms with van der Waals surface area (Å²) in [5.41, 5.74) is 13.0. The van der Waals surface area contributed by atoms with Crippen LogP contribution in [-0.4, -0.2) is 24.1 Å². The molecule has 8 heteroatoms. The molecule has 0 aliphatic heterocycles. The number of hydrogen-bond acceptors (Lipinski definition) is 4. The molecule has 2 rings (SSSR count).